The molecule has 120 valence electrons. The number of aliphatic carboxylic acids is 1. The minimum atomic E-state index is -0.921. The molecule has 0 spiro atoms. The summed E-state index contributed by atoms with van der Waals surface area (Å²) in [5.74, 6) is -1.57. The van der Waals surface area contributed by atoms with Gasteiger partial charge in [0.2, 0.25) is 5.91 Å². The minimum Gasteiger partial charge on any atom is -0.492 e. The molecule has 0 saturated heterocycles. The number of ether oxygens (including phenoxy) is 1. The smallest absolute Gasteiger partial charge is 0.307 e. The molecule has 1 aromatic heterocycles. The lowest BCUT2D eigenvalue weighted by molar-refractivity contribution is -0.139. The number of nitrogens with zero attached hydrogens (tertiary/aromatic N) is 3. The molecule has 2 atom stereocenters. The zero-order chi connectivity index (χ0) is 16.2. The van der Waals surface area contributed by atoms with E-state index in [-0.39, 0.29) is 5.91 Å². The Morgan fingerprint density at radius 3 is 2.96 bits per heavy atom. The van der Waals surface area contributed by atoms with Crippen LogP contribution in [-0.4, -0.2) is 38.4 Å². The Hall–Kier alpha value is -2.90. The highest BCUT2D eigenvalue weighted by Crippen LogP contribution is 2.39. The van der Waals surface area contributed by atoms with Gasteiger partial charge in [0, 0.05) is 11.8 Å². The van der Waals surface area contributed by atoms with Crippen LogP contribution in [0.5, 0.6) is 5.75 Å². The van der Waals surface area contributed by atoms with Crippen LogP contribution in [0.2, 0.25) is 0 Å². The fourth-order valence-electron chi connectivity index (χ4n) is 2.26. The summed E-state index contributed by atoms with van der Waals surface area (Å²) in [7, 11) is 0. The average molecular weight is 316 g/mol. The number of carbonyl (C=O) groups excluding carboxylic acids is 1. The predicted octanol–water partition coefficient (Wildman–Crippen LogP) is 1.02. The van der Waals surface area contributed by atoms with Gasteiger partial charge in [-0.1, -0.05) is 6.07 Å². The fourth-order valence-corrected chi connectivity index (χ4v) is 2.26. The number of anilines is 1. The molecular weight excluding hydrogens is 300 g/mol. The number of aromatic nitrogens is 3. The lowest BCUT2D eigenvalue weighted by atomic mass is 10.2. The Labute approximate surface area is 132 Å². The molecule has 1 saturated carbocycles. The quantitative estimate of drug-likeness (QED) is 0.790. The van der Waals surface area contributed by atoms with E-state index in [2.05, 4.69) is 15.4 Å². The molecule has 1 fully saturated rings. The number of amides is 1. The molecule has 1 amide bonds. The van der Waals surface area contributed by atoms with Crippen molar-refractivity contribution in [3.8, 4) is 5.75 Å². The fraction of sp³-hybridized carbons (Fsp3) is 0.333. The zero-order valence-electron chi connectivity index (χ0n) is 12.3. The van der Waals surface area contributed by atoms with E-state index in [0.717, 1.165) is 0 Å². The van der Waals surface area contributed by atoms with Gasteiger partial charge in [0.05, 0.1) is 18.4 Å². The largest absolute Gasteiger partial charge is 0.492 e. The molecule has 8 nitrogen and oxygen atoms in total. The first kappa shape index (κ1) is 15.0. The molecule has 8 heteroatoms. The number of rotatable bonds is 7. The molecule has 0 bridgehead atoms. The van der Waals surface area contributed by atoms with Crippen molar-refractivity contribution in [2.45, 2.75) is 13.0 Å². The Balaban J connectivity index is 1.51. The van der Waals surface area contributed by atoms with Crippen LogP contribution in [0.15, 0.2) is 36.9 Å². The average Bonchev–Trinajstić information content (AvgIpc) is 3.18. The van der Waals surface area contributed by atoms with Crippen LogP contribution in [0.1, 0.15) is 6.42 Å². The van der Waals surface area contributed by atoms with Crippen LogP contribution in [0.4, 0.5) is 5.69 Å². The molecular formula is C15H16N4O4. The first-order valence-corrected chi connectivity index (χ1v) is 7.22. The number of nitrogens with one attached hydrogen (secondary N) is 1. The predicted molar refractivity (Wildman–Crippen MR) is 79.8 cm³/mol. The standard InChI is InChI=1S/C15H16N4O4/c20-14(12-7-13(12)15(21)22)18-10-2-1-3-11(6-10)23-5-4-19-9-16-8-17-19/h1-3,6,8-9,12-13H,4-5,7H2,(H,18,20)(H,21,22). The van der Waals surface area contributed by atoms with E-state index in [0.29, 0.717) is 31.0 Å². The van der Waals surface area contributed by atoms with Crippen LogP contribution >= 0.6 is 0 Å². The highest BCUT2D eigenvalue weighted by Gasteiger charge is 2.48. The molecule has 0 radical (unpaired) electrons. The summed E-state index contributed by atoms with van der Waals surface area (Å²) in [6.07, 6.45) is 3.46. The van der Waals surface area contributed by atoms with Crippen molar-refractivity contribution in [1.29, 1.82) is 0 Å². The van der Waals surface area contributed by atoms with Gasteiger partial charge < -0.3 is 15.2 Å². The Bertz CT molecular complexity index is 701. The van der Waals surface area contributed by atoms with E-state index in [4.69, 9.17) is 9.84 Å². The van der Waals surface area contributed by atoms with E-state index in [1.807, 2.05) is 0 Å². The van der Waals surface area contributed by atoms with Crippen molar-refractivity contribution in [3.63, 3.8) is 0 Å². The third-order valence-electron chi connectivity index (χ3n) is 3.60. The van der Waals surface area contributed by atoms with Gasteiger partial charge in [0.15, 0.2) is 0 Å². The molecule has 1 heterocycles. The summed E-state index contributed by atoms with van der Waals surface area (Å²) in [5, 5.41) is 15.5. The number of benzene rings is 1. The normalized spacial score (nSPS) is 19.1. The Kier molecular flexibility index (Phi) is 4.22. The second-order valence-corrected chi connectivity index (χ2v) is 5.31. The summed E-state index contributed by atoms with van der Waals surface area (Å²) in [6, 6.07) is 6.99. The van der Waals surface area contributed by atoms with Crippen LogP contribution in [0, 0.1) is 11.8 Å². The van der Waals surface area contributed by atoms with Crippen molar-refractivity contribution < 1.29 is 19.4 Å². The third-order valence-corrected chi connectivity index (χ3v) is 3.60. The van der Waals surface area contributed by atoms with Crippen molar-refractivity contribution in [2.75, 3.05) is 11.9 Å². The SMILES string of the molecule is O=C(O)C1CC1C(=O)Nc1cccc(OCCn2cncn2)c1. The van der Waals surface area contributed by atoms with Gasteiger partial charge >= 0.3 is 5.97 Å². The lowest BCUT2D eigenvalue weighted by Gasteiger charge is -2.09. The van der Waals surface area contributed by atoms with E-state index in [1.54, 1.807) is 35.3 Å². The van der Waals surface area contributed by atoms with Gasteiger partial charge in [-0.3, -0.25) is 9.59 Å². The number of carbonyl (C=O) groups is 2. The van der Waals surface area contributed by atoms with Crippen molar-refractivity contribution in [1.82, 2.24) is 14.8 Å². The summed E-state index contributed by atoms with van der Waals surface area (Å²) < 4.78 is 7.26. The molecule has 1 aliphatic rings. The first-order chi connectivity index (χ1) is 11.1. The molecule has 23 heavy (non-hydrogen) atoms. The van der Waals surface area contributed by atoms with Crippen LogP contribution < -0.4 is 10.1 Å². The van der Waals surface area contributed by atoms with Gasteiger partial charge in [-0.2, -0.15) is 5.10 Å². The number of hydrogen-bond donors (Lipinski definition) is 2. The van der Waals surface area contributed by atoms with E-state index in [1.165, 1.54) is 6.33 Å². The van der Waals surface area contributed by atoms with Gasteiger partial charge in [-0.25, -0.2) is 9.67 Å². The maximum absolute atomic E-state index is 11.9. The third kappa shape index (κ3) is 3.85. The number of hydrogen-bond acceptors (Lipinski definition) is 5. The lowest BCUT2D eigenvalue weighted by Crippen LogP contribution is -2.16. The summed E-state index contributed by atoms with van der Waals surface area (Å²) in [4.78, 5) is 26.6. The second kappa shape index (κ2) is 6.47. The van der Waals surface area contributed by atoms with E-state index in [9.17, 15) is 9.59 Å². The van der Waals surface area contributed by atoms with E-state index < -0.39 is 17.8 Å². The van der Waals surface area contributed by atoms with Crippen LogP contribution in [0.25, 0.3) is 0 Å². The van der Waals surface area contributed by atoms with Crippen LogP contribution in [-0.2, 0) is 16.1 Å². The minimum absolute atomic E-state index is 0.267. The molecule has 1 aromatic carbocycles. The monoisotopic (exact) mass is 316 g/mol. The Morgan fingerprint density at radius 2 is 2.26 bits per heavy atom. The number of carboxylic acid groups (broad SMARTS) is 1. The van der Waals surface area contributed by atoms with Gasteiger partial charge in [0.1, 0.15) is 25.0 Å². The van der Waals surface area contributed by atoms with Crippen molar-refractivity contribution >= 4 is 17.6 Å². The highest BCUT2D eigenvalue weighted by molar-refractivity contribution is 5.98. The molecule has 2 unspecified atom stereocenters. The highest BCUT2D eigenvalue weighted by atomic mass is 16.5. The topological polar surface area (TPSA) is 106 Å². The second-order valence-electron chi connectivity index (χ2n) is 5.31. The van der Waals surface area contributed by atoms with Gasteiger partial charge in [-0.05, 0) is 18.6 Å². The summed E-state index contributed by atoms with van der Waals surface area (Å²) >= 11 is 0. The van der Waals surface area contributed by atoms with E-state index >= 15 is 0 Å². The maximum Gasteiger partial charge on any atom is 0.307 e. The summed E-state index contributed by atoms with van der Waals surface area (Å²) in [6.45, 7) is 0.990. The van der Waals surface area contributed by atoms with Gasteiger partial charge in [-0.15, -0.1) is 0 Å². The first-order valence-electron chi connectivity index (χ1n) is 7.22. The molecule has 0 aliphatic heterocycles. The molecule has 2 aromatic rings. The Morgan fingerprint density at radius 1 is 1.39 bits per heavy atom. The van der Waals surface area contributed by atoms with Crippen molar-refractivity contribution in [2.24, 2.45) is 11.8 Å². The maximum atomic E-state index is 11.9. The molecule has 3 rings (SSSR count). The van der Waals surface area contributed by atoms with Gasteiger partial charge in [0.25, 0.3) is 0 Å². The van der Waals surface area contributed by atoms with Crippen LogP contribution in [0.3, 0.4) is 0 Å². The summed E-state index contributed by atoms with van der Waals surface area (Å²) in [5.41, 5.74) is 0.587. The number of carboxylic acids is 1. The van der Waals surface area contributed by atoms with Crippen molar-refractivity contribution in [3.05, 3.63) is 36.9 Å². The molecule has 1 aliphatic carbocycles. The zero-order valence-corrected chi connectivity index (χ0v) is 12.3. The molecule has 2 N–H and O–H groups in total.